The normalized spacial score (nSPS) is 12.1. The van der Waals surface area contributed by atoms with Crippen LogP contribution in [0.25, 0.3) is 0 Å². The second-order valence-corrected chi connectivity index (χ2v) is 4.30. The van der Waals surface area contributed by atoms with E-state index >= 15 is 0 Å². The highest BCUT2D eigenvalue weighted by Crippen LogP contribution is 2.12. The van der Waals surface area contributed by atoms with Crippen LogP contribution in [0.3, 0.4) is 0 Å². The van der Waals surface area contributed by atoms with Gasteiger partial charge in [0.1, 0.15) is 0 Å². The zero-order valence-electron chi connectivity index (χ0n) is 8.64. The highest BCUT2D eigenvalue weighted by Gasteiger charge is 2.11. The molecule has 0 bridgehead atoms. The van der Waals surface area contributed by atoms with Crippen molar-refractivity contribution in [3.63, 3.8) is 0 Å². The van der Waals surface area contributed by atoms with Crippen molar-refractivity contribution in [3.05, 3.63) is 30.3 Å². The Morgan fingerprint density at radius 1 is 1.47 bits per heavy atom. The summed E-state index contributed by atoms with van der Waals surface area (Å²) >= 11 is 1.50. The molecule has 0 heterocycles. The van der Waals surface area contributed by atoms with E-state index < -0.39 is 0 Å². The molecular formula is C11H15NO2S. The molecule has 0 aliphatic heterocycles. The number of hydrogen-bond donors (Lipinski definition) is 2. The first-order valence-electron chi connectivity index (χ1n) is 4.75. The van der Waals surface area contributed by atoms with E-state index in [4.69, 9.17) is 5.11 Å². The first kappa shape index (κ1) is 12.1. The maximum atomic E-state index is 11.5. The third-order valence-electron chi connectivity index (χ3n) is 2.01. The van der Waals surface area contributed by atoms with Crippen LogP contribution in [0.15, 0.2) is 30.3 Å². The molecule has 1 atom stereocenters. The van der Waals surface area contributed by atoms with Gasteiger partial charge in [-0.3, -0.25) is 4.79 Å². The molecule has 0 aliphatic carbocycles. The topological polar surface area (TPSA) is 49.3 Å². The predicted molar refractivity (Wildman–Crippen MR) is 64.1 cm³/mol. The van der Waals surface area contributed by atoms with Gasteiger partial charge in [-0.25, -0.2) is 0 Å². The molecule has 3 nitrogen and oxygen atoms in total. The SMILES string of the molecule is CSC(CO)CC(=O)Nc1ccccc1. The Morgan fingerprint density at radius 2 is 2.13 bits per heavy atom. The number of thioether (sulfide) groups is 1. The minimum atomic E-state index is -0.0606. The van der Waals surface area contributed by atoms with Crippen molar-refractivity contribution in [2.45, 2.75) is 11.7 Å². The number of benzene rings is 1. The number of anilines is 1. The summed E-state index contributed by atoms with van der Waals surface area (Å²) in [6.07, 6.45) is 2.23. The van der Waals surface area contributed by atoms with Gasteiger partial charge in [0.15, 0.2) is 0 Å². The Kier molecular flexibility index (Phi) is 5.21. The van der Waals surface area contributed by atoms with Crippen LogP contribution in [0.2, 0.25) is 0 Å². The van der Waals surface area contributed by atoms with E-state index in [1.165, 1.54) is 11.8 Å². The van der Waals surface area contributed by atoms with Gasteiger partial charge in [0.2, 0.25) is 5.91 Å². The Balaban J connectivity index is 2.43. The standard InChI is InChI=1S/C11H15NO2S/c1-15-10(8-13)7-11(14)12-9-5-3-2-4-6-9/h2-6,10,13H,7-8H2,1H3,(H,12,14). The molecule has 4 heteroatoms. The van der Waals surface area contributed by atoms with Crippen LogP contribution in [0.4, 0.5) is 5.69 Å². The van der Waals surface area contributed by atoms with Crippen molar-refractivity contribution in [1.82, 2.24) is 0 Å². The van der Waals surface area contributed by atoms with Crippen LogP contribution in [-0.4, -0.2) is 29.1 Å². The number of hydrogen-bond acceptors (Lipinski definition) is 3. The molecular weight excluding hydrogens is 210 g/mol. The predicted octanol–water partition coefficient (Wildman–Crippen LogP) is 1.74. The average Bonchev–Trinajstić information content (AvgIpc) is 2.27. The smallest absolute Gasteiger partial charge is 0.225 e. The van der Waals surface area contributed by atoms with E-state index in [-0.39, 0.29) is 17.8 Å². The third-order valence-corrected chi connectivity index (χ3v) is 2.99. The number of aliphatic hydroxyl groups excluding tert-OH is 1. The summed E-state index contributed by atoms with van der Waals surface area (Å²) in [5.41, 5.74) is 0.792. The molecule has 0 fully saturated rings. The lowest BCUT2D eigenvalue weighted by molar-refractivity contribution is -0.116. The number of aliphatic hydroxyl groups is 1. The molecule has 0 aliphatic rings. The lowest BCUT2D eigenvalue weighted by Gasteiger charge is -2.10. The fraction of sp³-hybridized carbons (Fsp3) is 0.364. The monoisotopic (exact) mass is 225 g/mol. The second-order valence-electron chi connectivity index (χ2n) is 3.16. The number of para-hydroxylation sites is 1. The van der Waals surface area contributed by atoms with Gasteiger partial charge in [0, 0.05) is 17.4 Å². The Hall–Kier alpha value is -1.00. The summed E-state index contributed by atoms with van der Waals surface area (Å²) in [5, 5.41) is 11.7. The van der Waals surface area contributed by atoms with Crippen molar-refractivity contribution in [2.24, 2.45) is 0 Å². The number of amides is 1. The molecule has 1 aromatic rings. The number of rotatable bonds is 5. The molecule has 0 saturated heterocycles. The summed E-state index contributed by atoms with van der Waals surface area (Å²) in [7, 11) is 0. The molecule has 82 valence electrons. The van der Waals surface area contributed by atoms with Gasteiger partial charge in [0.05, 0.1) is 6.61 Å². The summed E-state index contributed by atoms with van der Waals surface area (Å²) in [6.45, 7) is 0.0311. The number of carbonyl (C=O) groups is 1. The lowest BCUT2D eigenvalue weighted by Crippen LogP contribution is -2.20. The first-order valence-corrected chi connectivity index (χ1v) is 6.03. The van der Waals surface area contributed by atoms with Crippen LogP contribution < -0.4 is 5.32 Å². The van der Waals surface area contributed by atoms with Crippen LogP contribution in [0.1, 0.15) is 6.42 Å². The molecule has 1 aromatic carbocycles. The van der Waals surface area contributed by atoms with Gasteiger partial charge in [-0.2, -0.15) is 11.8 Å². The Labute approximate surface area is 93.9 Å². The maximum absolute atomic E-state index is 11.5. The van der Waals surface area contributed by atoms with E-state index in [1.807, 2.05) is 36.6 Å². The summed E-state index contributed by atoms with van der Waals surface area (Å²) in [5.74, 6) is -0.0606. The minimum Gasteiger partial charge on any atom is -0.395 e. The van der Waals surface area contributed by atoms with E-state index in [9.17, 15) is 4.79 Å². The van der Waals surface area contributed by atoms with Gasteiger partial charge in [-0.05, 0) is 18.4 Å². The molecule has 1 unspecified atom stereocenters. The van der Waals surface area contributed by atoms with Crippen LogP contribution >= 0.6 is 11.8 Å². The lowest BCUT2D eigenvalue weighted by atomic mass is 10.2. The zero-order valence-corrected chi connectivity index (χ0v) is 9.46. The third kappa shape index (κ3) is 4.36. The van der Waals surface area contributed by atoms with Crippen LogP contribution in [0, 0.1) is 0 Å². The van der Waals surface area contributed by atoms with Crippen molar-refractivity contribution < 1.29 is 9.90 Å². The van der Waals surface area contributed by atoms with Gasteiger partial charge in [0.25, 0.3) is 0 Å². The molecule has 1 amide bonds. The highest BCUT2D eigenvalue weighted by molar-refractivity contribution is 7.99. The van der Waals surface area contributed by atoms with E-state index in [0.717, 1.165) is 5.69 Å². The summed E-state index contributed by atoms with van der Waals surface area (Å²) in [4.78, 5) is 11.5. The first-order chi connectivity index (χ1) is 7.26. The van der Waals surface area contributed by atoms with Gasteiger partial charge in [-0.1, -0.05) is 18.2 Å². The molecule has 0 spiro atoms. The van der Waals surface area contributed by atoms with Crippen LogP contribution in [0.5, 0.6) is 0 Å². The van der Waals surface area contributed by atoms with Gasteiger partial charge >= 0.3 is 0 Å². The molecule has 1 rings (SSSR count). The van der Waals surface area contributed by atoms with Crippen molar-refractivity contribution in [2.75, 3.05) is 18.2 Å². The van der Waals surface area contributed by atoms with Gasteiger partial charge in [-0.15, -0.1) is 0 Å². The van der Waals surface area contributed by atoms with Crippen molar-refractivity contribution in [3.8, 4) is 0 Å². The largest absolute Gasteiger partial charge is 0.395 e. The number of carbonyl (C=O) groups excluding carboxylic acids is 1. The van der Waals surface area contributed by atoms with Crippen molar-refractivity contribution in [1.29, 1.82) is 0 Å². The van der Waals surface area contributed by atoms with E-state index in [2.05, 4.69) is 5.32 Å². The molecule has 0 radical (unpaired) electrons. The van der Waals surface area contributed by atoms with E-state index in [1.54, 1.807) is 0 Å². The quantitative estimate of drug-likeness (QED) is 0.802. The van der Waals surface area contributed by atoms with Crippen LogP contribution in [-0.2, 0) is 4.79 Å². The second kappa shape index (κ2) is 6.48. The fourth-order valence-electron chi connectivity index (χ4n) is 1.16. The molecule has 0 saturated carbocycles. The van der Waals surface area contributed by atoms with E-state index in [0.29, 0.717) is 6.42 Å². The molecule has 0 aromatic heterocycles. The average molecular weight is 225 g/mol. The summed E-state index contributed by atoms with van der Waals surface area (Å²) in [6, 6.07) is 9.31. The fourth-order valence-corrected chi connectivity index (χ4v) is 1.63. The Morgan fingerprint density at radius 3 is 2.67 bits per heavy atom. The van der Waals surface area contributed by atoms with Gasteiger partial charge < -0.3 is 10.4 Å². The van der Waals surface area contributed by atoms with Crippen molar-refractivity contribution >= 4 is 23.4 Å². The number of nitrogens with one attached hydrogen (secondary N) is 1. The minimum absolute atomic E-state index is 0.0197. The zero-order chi connectivity index (χ0) is 11.1. The molecule has 2 N–H and O–H groups in total. The highest BCUT2D eigenvalue weighted by atomic mass is 32.2. The Bertz CT molecular complexity index is 299. The molecule has 15 heavy (non-hydrogen) atoms. The summed E-state index contributed by atoms with van der Waals surface area (Å²) < 4.78 is 0. The maximum Gasteiger partial charge on any atom is 0.225 e.